The van der Waals surface area contributed by atoms with E-state index in [0.717, 1.165) is 5.69 Å². The predicted octanol–water partition coefficient (Wildman–Crippen LogP) is 2.76. The van der Waals surface area contributed by atoms with Crippen molar-refractivity contribution in [1.82, 2.24) is 15.6 Å². The van der Waals surface area contributed by atoms with Crippen molar-refractivity contribution in [1.29, 1.82) is 5.41 Å². The highest BCUT2D eigenvalue weighted by molar-refractivity contribution is 7.86. The molecule has 2 amide bonds. The first-order valence-electron chi connectivity index (χ1n) is 11.7. The molecule has 0 saturated heterocycles. The van der Waals surface area contributed by atoms with Crippen LogP contribution in [0.5, 0.6) is 5.75 Å². The van der Waals surface area contributed by atoms with Crippen molar-refractivity contribution in [2.45, 2.75) is 20.0 Å². The van der Waals surface area contributed by atoms with Crippen LogP contribution in [0.15, 0.2) is 60.8 Å². The van der Waals surface area contributed by atoms with Crippen molar-refractivity contribution in [3.05, 3.63) is 88.2 Å². The third kappa shape index (κ3) is 7.77. The molecule has 10 nitrogen and oxygen atoms in total. The van der Waals surface area contributed by atoms with Gasteiger partial charge in [0, 0.05) is 47.3 Å². The summed E-state index contributed by atoms with van der Waals surface area (Å²) in [5.41, 5.74) is 8.10. The highest BCUT2D eigenvalue weighted by Gasteiger charge is 2.18. The second-order valence-electron chi connectivity index (χ2n) is 8.05. The molecular formula is C26H29ClN6O4S. The van der Waals surface area contributed by atoms with Gasteiger partial charge in [0.1, 0.15) is 22.6 Å². The normalized spacial score (nSPS) is 11.3. The van der Waals surface area contributed by atoms with Gasteiger partial charge in [-0.2, -0.15) is 0 Å². The molecule has 3 rings (SSSR count). The van der Waals surface area contributed by atoms with E-state index in [-0.39, 0.29) is 37.0 Å². The Morgan fingerprint density at radius 2 is 1.95 bits per heavy atom. The standard InChI is InChI=1S/C26H29ClN6O4S/c1-3-38(36)33(15-21-6-4-5-9-31-21)22-11-19(10-20(27)13-22)26(35)32-14-18-8-7-17(25(28)29)12-23(18)37-16-24(34)30-2/h4-13H,3,14-16H2,1-2H3,(H3,28,29)(H,30,34)(H,32,35). The first-order valence-corrected chi connectivity index (χ1v) is 13.3. The van der Waals surface area contributed by atoms with E-state index < -0.39 is 16.9 Å². The Bertz CT molecular complexity index is 1340. The number of nitrogens with two attached hydrogens (primary N) is 1. The molecule has 0 fully saturated rings. The number of nitrogen functional groups attached to an aromatic ring is 1. The van der Waals surface area contributed by atoms with E-state index in [1.807, 2.05) is 12.1 Å². The Hall–Kier alpha value is -3.96. The van der Waals surface area contributed by atoms with Gasteiger partial charge in [0.2, 0.25) is 0 Å². The molecule has 1 heterocycles. The van der Waals surface area contributed by atoms with Gasteiger partial charge < -0.3 is 21.1 Å². The van der Waals surface area contributed by atoms with E-state index in [1.54, 1.807) is 53.8 Å². The minimum Gasteiger partial charge on any atom is -0.483 e. The van der Waals surface area contributed by atoms with Crippen LogP contribution in [0.4, 0.5) is 5.69 Å². The quantitative estimate of drug-likeness (QED) is 0.199. The molecule has 0 radical (unpaired) electrons. The zero-order valence-electron chi connectivity index (χ0n) is 21.0. The lowest BCUT2D eigenvalue weighted by molar-refractivity contribution is -0.122. The number of halogens is 1. The number of hydrogen-bond acceptors (Lipinski definition) is 6. The molecule has 1 unspecified atom stereocenters. The number of hydrogen-bond donors (Lipinski definition) is 4. The molecule has 38 heavy (non-hydrogen) atoms. The van der Waals surface area contributed by atoms with Crippen LogP contribution in [-0.4, -0.2) is 46.3 Å². The average Bonchev–Trinajstić information content (AvgIpc) is 2.93. The summed E-state index contributed by atoms with van der Waals surface area (Å²) < 4.78 is 20.1. The van der Waals surface area contributed by atoms with Gasteiger partial charge in [-0.1, -0.05) is 36.7 Å². The number of amidine groups is 1. The molecule has 12 heteroatoms. The van der Waals surface area contributed by atoms with Gasteiger partial charge >= 0.3 is 0 Å². The number of likely N-dealkylation sites (N-methyl/N-ethyl adjacent to an activating group) is 1. The van der Waals surface area contributed by atoms with E-state index in [0.29, 0.717) is 33.3 Å². The second-order valence-corrected chi connectivity index (χ2v) is 10.1. The summed E-state index contributed by atoms with van der Waals surface area (Å²) in [6.45, 7) is 1.91. The van der Waals surface area contributed by atoms with Gasteiger partial charge in [-0.05, 0) is 36.4 Å². The zero-order chi connectivity index (χ0) is 27.7. The third-order valence-corrected chi connectivity index (χ3v) is 6.96. The lowest BCUT2D eigenvalue weighted by Gasteiger charge is -2.23. The van der Waals surface area contributed by atoms with Crippen LogP contribution in [0.1, 0.15) is 34.1 Å². The monoisotopic (exact) mass is 556 g/mol. The maximum atomic E-state index is 13.1. The highest BCUT2D eigenvalue weighted by atomic mass is 35.5. The number of carbonyl (C=O) groups excluding carboxylic acids is 2. The van der Waals surface area contributed by atoms with Crippen molar-refractivity contribution in [3.8, 4) is 5.75 Å². The fourth-order valence-corrected chi connectivity index (χ4v) is 4.58. The SMILES string of the molecule is CCS(=O)N(Cc1ccccn1)c1cc(Cl)cc(C(=O)NCc2ccc(C(=N)N)cc2OCC(=O)NC)c1. The summed E-state index contributed by atoms with van der Waals surface area (Å²) in [4.78, 5) is 29.1. The van der Waals surface area contributed by atoms with Gasteiger partial charge in [0.25, 0.3) is 11.8 Å². The molecule has 2 aromatic carbocycles. The van der Waals surface area contributed by atoms with Gasteiger partial charge in [-0.15, -0.1) is 0 Å². The van der Waals surface area contributed by atoms with Crippen LogP contribution in [0.3, 0.4) is 0 Å². The second kappa shape index (κ2) is 13.5. The molecule has 3 aromatic rings. The number of pyridine rings is 1. The van der Waals surface area contributed by atoms with Gasteiger partial charge in [0.05, 0.1) is 17.9 Å². The molecule has 0 aliphatic heterocycles. The number of carbonyl (C=O) groups is 2. The summed E-state index contributed by atoms with van der Waals surface area (Å²) in [5.74, 6) is -0.221. The highest BCUT2D eigenvalue weighted by Crippen LogP contribution is 2.26. The van der Waals surface area contributed by atoms with E-state index in [2.05, 4.69) is 15.6 Å². The predicted molar refractivity (Wildman–Crippen MR) is 149 cm³/mol. The van der Waals surface area contributed by atoms with Crippen molar-refractivity contribution >= 4 is 45.9 Å². The fourth-order valence-electron chi connectivity index (χ4n) is 3.42. The Labute approximate surface area is 228 Å². The topological polar surface area (TPSA) is 150 Å². The summed E-state index contributed by atoms with van der Waals surface area (Å²) in [6.07, 6.45) is 1.66. The molecule has 0 aliphatic carbocycles. The van der Waals surface area contributed by atoms with Crippen LogP contribution in [0, 0.1) is 5.41 Å². The number of aromatic nitrogens is 1. The lowest BCUT2D eigenvalue weighted by Crippen LogP contribution is -2.28. The van der Waals surface area contributed by atoms with E-state index >= 15 is 0 Å². The largest absolute Gasteiger partial charge is 0.483 e. The number of amides is 2. The van der Waals surface area contributed by atoms with E-state index in [1.165, 1.54) is 13.1 Å². The number of rotatable bonds is 12. The van der Waals surface area contributed by atoms with Gasteiger partial charge in [-0.3, -0.25) is 24.3 Å². The molecule has 1 aromatic heterocycles. The Kier molecular flexibility index (Phi) is 10.2. The van der Waals surface area contributed by atoms with Crippen LogP contribution >= 0.6 is 11.6 Å². The first-order chi connectivity index (χ1) is 18.2. The van der Waals surface area contributed by atoms with Gasteiger partial charge in [-0.25, -0.2) is 4.21 Å². The molecule has 0 saturated carbocycles. The Morgan fingerprint density at radius 3 is 2.61 bits per heavy atom. The molecule has 0 spiro atoms. The van der Waals surface area contributed by atoms with Crippen molar-refractivity contribution in [2.24, 2.45) is 5.73 Å². The molecular weight excluding hydrogens is 528 g/mol. The van der Waals surface area contributed by atoms with Crippen LogP contribution in [-0.2, 0) is 28.9 Å². The number of nitrogens with zero attached hydrogens (tertiary/aromatic N) is 2. The fraction of sp³-hybridized carbons (Fsp3) is 0.231. The molecule has 1 atom stereocenters. The van der Waals surface area contributed by atoms with Crippen molar-refractivity contribution < 1.29 is 18.5 Å². The third-order valence-electron chi connectivity index (χ3n) is 5.41. The van der Waals surface area contributed by atoms with Crippen LogP contribution in [0.25, 0.3) is 0 Å². The maximum absolute atomic E-state index is 13.1. The number of ether oxygens (including phenoxy) is 1. The maximum Gasteiger partial charge on any atom is 0.257 e. The summed E-state index contributed by atoms with van der Waals surface area (Å²) in [6, 6.07) is 15.1. The average molecular weight is 557 g/mol. The molecule has 5 N–H and O–H groups in total. The zero-order valence-corrected chi connectivity index (χ0v) is 22.6. The first kappa shape index (κ1) is 28.6. The number of anilines is 1. The van der Waals surface area contributed by atoms with Crippen molar-refractivity contribution in [2.75, 3.05) is 23.7 Å². The lowest BCUT2D eigenvalue weighted by atomic mass is 10.1. The molecule has 0 bridgehead atoms. The Morgan fingerprint density at radius 1 is 1.16 bits per heavy atom. The van der Waals surface area contributed by atoms with Crippen molar-refractivity contribution in [3.63, 3.8) is 0 Å². The number of benzene rings is 2. The van der Waals surface area contributed by atoms with Crippen LogP contribution in [0.2, 0.25) is 5.02 Å². The summed E-state index contributed by atoms with van der Waals surface area (Å²) in [7, 11) is 0.122. The molecule has 200 valence electrons. The Balaban J connectivity index is 1.82. The van der Waals surface area contributed by atoms with E-state index in [9.17, 15) is 13.8 Å². The van der Waals surface area contributed by atoms with Crippen LogP contribution < -0.4 is 25.4 Å². The summed E-state index contributed by atoms with van der Waals surface area (Å²) in [5, 5.41) is 13.3. The van der Waals surface area contributed by atoms with E-state index in [4.69, 9.17) is 27.5 Å². The number of nitrogens with one attached hydrogen (secondary N) is 3. The minimum absolute atomic E-state index is 0.0699. The summed E-state index contributed by atoms with van der Waals surface area (Å²) >= 11 is 6.35. The van der Waals surface area contributed by atoms with Gasteiger partial charge in [0.15, 0.2) is 6.61 Å². The molecule has 0 aliphatic rings. The smallest absolute Gasteiger partial charge is 0.257 e. The minimum atomic E-state index is -1.37.